The lowest BCUT2D eigenvalue weighted by molar-refractivity contribution is 0.0778. The summed E-state index contributed by atoms with van der Waals surface area (Å²) in [6, 6.07) is 18.8. The molecule has 2 aromatic rings. The maximum atomic E-state index is 10.0. The van der Waals surface area contributed by atoms with E-state index in [0.29, 0.717) is 17.4 Å². The third-order valence-electron chi connectivity index (χ3n) is 5.46. The predicted molar refractivity (Wildman–Crippen MR) is 97.6 cm³/mol. The standard InChI is InChI=1S/C22H25NO/c1-2-22(24)21-13-11-20(12-14-21)19-9-7-18(8-10-19)17-5-3-16(15-23)4-6-17/h3-10,20-22,24H,2,11-14H2,1H3. The molecule has 24 heavy (non-hydrogen) atoms. The highest BCUT2D eigenvalue weighted by molar-refractivity contribution is 5.64. The number of hydrogen-bond donors (Lipinski definition) is 1. The Labute approximate surface area is 144 Å². The zero-order valence-electron chi connectivity index (χ0n) is 14.3. The van der Waals surface area contributed by atoms with Gasteiger partial charge in [-0.1, -0.05) is 43.3 Å². The lowest BCUT2D eigenvalue weighted by atomic mass is 9.76. The zero-order valence-corrected chi connectivity index (χ0v) is 14.3. The van der Waals surface area contributed by atoms with E-state index in [4.69, 9.17) is 5.26 Å². The fraction of sp³-hybridized carbons (Fsp3) is 0.409. The van der Waals surface area contributed by atoms with Gasteiger partial charge >= 0.3 is 0 Å². The average Bonchev–Trinajstić information content (AvgIpc) is 2.68. The normalized spacial score (nSPS) is 21.9. The Bertz CT molecular complexity index is 688. The lowest BCUT2D eigenvalue weighted by Gasteiger charge is -2.31. The first kappa shape index (κ1) is 16.7. The first-order valence-electron chi connectivity index (χ1n) is 8.99. The quantitative estimate of drug-likeness (QED) is 0.834. The van der Waals surface area contributed by atoms with Crippen LogP contribution in [0.4, 0.5) is 0 Å². The summed E-state index contributed by atoms with van der Waals surface area (Å²) in [7, 11) is 0. The maximum Gasteiger partial charge on any atom is 0.0991 e. The number of aliphatic hydroxyl groups is 1. The Morgan fingerprint density at radius 1 is 0.958 bits per heavy atom. The van der Waals surface area contributed by atoms with Gasteiger partial charge in [0.15, 0.2) is 0 Å². The molecule has 1 saturated carbocycles. The fourth-order valence-corrected chi connectivity index (χ4v) is 3.86. The number of aliphatic hydroxyl groups excluding tert-OH is 1. The molecule has 124 valence electrons. The third-order valence-corrected chi connectivity index (χ3v) is 5.46. The molecular weight excluding hydrogens is 294 g/mol. The SMILES string of the molecule is CCC(O)C1CCC(c2ccc(-c3ccc(C#N)cc3)cc2)CC1. The van der Waals surface area contributed by atoms with Crippen molar-refractivity contribution in [1.82, 2.24) is 0 Å². The summed E-state index contributed by atoms with van der Waals surface area (Å²) in [5.74, 6) is 1.12. The van der Waals surface area contributed by atoms with Crippen LogP contribution in [0.25, 0.3) is 11.1 Å². The van der Waals surface area contributed by atoms with Gasteiger partial charge in [0.25, 0.3) is 0 Å². The van der Waals surface area contributed by atoms with Gasteiger partial charge in [-0.3, -0.25) is 0 Å². The molecule has 1 atom stereocenters. The highest BCUT2D eigenvalue weighted by Gasteiger charge is 2.26. The van der Waals surface area contributed by atoms with Crippen molar-refractivity contribution >= 4 is 0 Å². The van der Waals surface area contributed by atoms with Crippen LogP contribution in [0.5, 0.6) is 0 Å². The van der Waals surface area contributed by atoms with Gasteiger partial charge in [-0.15, -0.1) is 0 Å². The van der Waals surface area contributed by atoms with E-state index in [1.807, 2.05) is 24.3 Å². The monoisotopic (exact) mass is 319 g/mol. The highest BCUT2D eigenvalue weighted by Crippen LogP contribution is 2.38. The van der Waals surface area contributed by atoms with Gasteiger partial charge in [0, 0.05) is 0 Å². The molecule has 2 heteroatoms. The van der Waals surface area contributed by atoms with Crippen LogP contribution in [0.3, 0.4) is 0 Å². The maximum absolute atomic E-state index is 10.0. The molecule has 0 aliphatic heterocycles. The summed E-state index contributed by atoms with van der Waals surface area (Å²) in [4.78, 5) is 0. The third kappa shape index (κ3) is 3.68. The average molecular weight is 319 g/mol. The van der Waals surface area contributed by atoms with Gasteiger partial charge in [-0.2, -0.15) is 5.26 Å². The number of hydrogen-bond acceptors (Lipinski definition) is 2. The summed E-state index contributed by atoms with van der Waals surface area (Å²) in [5, 5.41) is 18.9. The van der Waals surface area contributed by atoms with Gasteiger partial charge in [-0.05, 0) is 72.8 Å². The minimum Gasteiger partial charge on any atom is -0.393 e. The highest BCUT2D eigenvalue weighted by atomic mass is 16.3. The van der Waals surface area contributed by atoms with E-state index in [-0.39, 0.29) is 6.10 Å². The van der Waals surface area contributed by atoms with E-state index in [1.165, 1.54) is 24.0 Å². The Hall–Kier alpha value is -2.11. The van der Waals surface area contributed by atoms with E-state index < -0.39 is 0 Å². The molecule has 1 unspecified atom stereocenters. The topological polar surface area (TPSA) is 44.0 Å². The van der Waals surface area contributed by atoms with E-state index in [0.717, 1.165) is 24.8 Å². The molecular formula is C22H25NO. The van der Waals surface area contributed by atoms with E-state index >= 15 is 0 Å². The van der Waals surface area contributed by atoms with Crippen LogP contribution in [0, 0.1) is 17.2 Å². The Morgan fingerprint density at radius 3 is 2.00 bits per heavy atom. The van der Waals surface area contributed by atoms with Crippen LogP contribution in [-0.4, -0.2) is 11.2 Å². The van der Waals surface area contributed by atoms with Gasteiger partial charge in [0.1, 0.15) is 0 Å². The van der Waals surface area contributed by atoms with Gasteiger partial charge in [-0.25, -0.2) is 0 Å². The van der Waals surface area contributed by atoms with Crippen LogP contribution < -0.4 is 0 Å². The lowest BCUT2D eigenvalue weighted by Crippen LogP contribution is -2.24. The molecule has 2 aromatic carbocycles. The van der Waals surface area contributed by atoms with Gasteiger partial charge < -0.3 is 5.11 Å². The molecule has 0 amide bonds. The van der Waals surface area contributed by atoms with E-state index in [9.17, 15) is 5.11 Å². The second kappa shape index (κ2) is 7.64. The molecule has 0 heterocycles. The molecule has 0 aromatic heterocycles. The van der Waals surface area contributed by atoms with E-state index in [1.54, 1.807) is 0 Å². The summed E-state index contributed by atoms with van der Waals surface area (Å²) < 4.78 is 0. The minimum atomic E-state index is -0.121. The van der Waals surface area contributed by atoms with Crippen molar-refractivity contribution in [3.63, 3.8) is 0 Å². The number of nitriles is 1. The van der Waals surface area contributed by atoms with Crippen LogP contribution in [0.15, 0.2) is 48.5 Å². The second-order valence-electron chi connectivity index (χ2n) is 6.90. The summed E-state index contributed by atoms with van der Waals surface area (Å²) in [5.41, 5.74) is 4.45. The molecule has 1 N–H and O–H groups in total. The molecule has 0 saturated heterocycles. The molecule has 0 radical (unpaired) electrons. The van der Waals surface area contributed by atoms with Crippen molar-refractivity contribution in [3.05, 3.63) is 59.7 Å². The summed E-state index contributed by atoms with van der Waals surface area (Å²) in [6.45, 7) is 2.07. The van der Waals surface area contributed by atoms with Crippen LogP contribution in [0.1, 0.15) is 56.1 Å². The smallest absolute Gasteiger partial charge is 0.0991 e. The van der Waals surface area contributed by atoms with Gasteiger partial charge in [0.05, 0.1) is 17.7 Å². The zero-order chi connectivity index (χ0) is 16.9. The Balaban J connectivity index is 1.66. The van der Waals surface area contributed by atoms with Crippen LogP contribution in [-0.2, 0) is 0 Å². The van der Waals surface area contributed by atoms with Crippen molar-refractivity contribution in [1.29, 1.82) is 5.26 Å². The Kier molecular flexibility index (Phi) is 5.33. The summed E-state index contributed by atoms with van der Waals surface area (Å²) >= 11 is 0. The molecule has 1 aliphatic rings. The molecule has 3 rings (SSSR count). The predicted octanol–water partition coefficient (Wildman–Crippen LogP) is 5.27. The molecule has 1 aliphatic carbocycles. The molecule has 2 nitrogen and oxygen atoms in total. The second-order valence-corrected chi connectivity index (χ2v) is 6.90. The van der Waals surface area contributed by atoms with Crippen molar-refractivity contribution < 1.29 is 5.11 Å². The largest absolute Gasteiger partial charge is 0.393 e. The van der Waals surface area contributed by atoms with Crippen LogP contribution >= 0.6 is 0 Å². The summed E-state index contributed by atoms with van der Waals surface area (Å²) in [6.07, 6.45) is 5.38. The van der Waals surface area contributed by atoms with Crippen molar-refractivity contribution in [2.24, 2.45) is 5.92 Å². The number of rotatable bonds is 4. The first-order chi connectivity index (χ1) is 11.7. The Morgan fingerprint density at radius 2 is 1.50 bits per heavy atom. The number of benzene rings is 2. The van der Waals surface area contributed by atoms with Gasteiger partial charge in [0.2, 0.25) is 0 Å². The molecule has 0 spiro atoms. The first-order valence-corrected chi connectivity index (χ1v) is 8.99. The minimum absolute atomic E-state index is 0.121. The van der Waals surface area contributed by atoms with Crippen LogP contribution in [0.2, 0.25) is 0 Å². The van der Waals surface area contributed by atoms with Crippen molar-refractivity contribution in [2.75, 3.05) is 0 Å². The van der Waals surface area contributed by atoms with E-state index in [2.05, 4.69) is 37.3 Å². The van der Waals surface area contributed by atoms with Crippen molar-refractivity contribution in [2.45, 2.75) is 51.0 Å². The van der Waals surface area contributed by atoms with Crippen molar-refractivity contribution in [3.8, 4) is 17.2 Å². The fourth-order valence-electron chi connectivity index (χ4n) is 3.86. The molecule has 0 bridgehead atoms. The molecule has 1 fully saturated rings. The number of nitrogens with zero attached hydrogens (tertiary/aromatic N) is 1.